The molecule has 23 heavy (non-hydrogen) atoms. The highest BCUT2D eigenvalue weighted by Gasteiger charge is 2.11. The van der Waals surface area contributed by atoms with Gasteiger partial charge in [-0.05, 0) is 42.0 Å². The van der Waals surface area contributed by atoms with E-state index >= 15 is 0 Å². The number of hydrogen-bond donors (Lipinski definition) is 1. The molecule has 1 heterocycles. The summed E-state index contributed by atoms with van der Waals surface area (Å²) in [7, 11) is 3.11. The Morgan fingerprint density at radius 3 is 2.70 bits per heavy atom. The lowest BCUT2D eigenvalue weighted by Gasteiger charge is -2.07. The van der Waals surface area contributed by atoms with Crippen LogP contribution in [0.5, 0.6) is 11.5 Å². The third kappa shape index (κ3) is 2.97. The summed E-state index contributed by atoms with van der Waals surface area (Å²) in [5.74, 6) is 1.01. The van der Waals surface area contributed by atoms with E-state index in [9.17, 15) is 4.79 Å². The quantitative estimate of drug-likeness (QED) is 0.571. The molecule has 4 heteroatoms. The first-order valence-corrected chi connectivity index (χ1v) is 7.23. The van der Waals surface area contributed by atoms with Gasteiger partial charge in [0.15, 0.2) is 5.78 Å². The van der Waals surface area contributed by atoms with Crippen molar-refractivity contribution in [3.8, 4) is 11.5 Å². The summed E-state index contributed by atoms with van der Waals surface area (Å²) in [6.45, 7) is 0. The van der Waals surface area contributed by atoms with Gasteiger partial charge in [0, 0.05) is 17.1 Å². The maximum atomic E-state index is 12.5. The van der Waals surface area contributed by atoms with Crippen LogP contribution in [-0.2, 0) is 0 Å². The predicted octanol–water partition coefficient (Wildman–Crippen LogP) is 4.08. The second kappa shape index (κ2) is 6.40. The molecule has 0 saturated heterocycles. The molecular weight excluding hydrogens is 290 g/mol. The first kappa shape index (κ1) is 14.9. The minimum absolute atomic E-state index is 0.133. The second-order valence-electron chi connectivity index (χ2n) is 5.05. The fourth-order valence-corrected chi connectivity index (χ4v) is 2.49. The van der Waals surface area contributed by atoms with E-state index in [-0.39, 0.29) is 5.78 Å². The van der Waals surface area contributed by atoms with Gasteiger partial charge in [-0.1, -0.05) is 18.2 Å². The fourth-order valence-electron chi connectivity index (χ4n) is 2.49. The number of carbonyl (C=O) groups is 1. The molecule has 0 amide bonds. The van der Waals surface area contributed by atoms with Crippen LogP contribution in [0.1, 0.15) is 15.9 Å². The van der Waals surface area contributed by atoms with Crippen molar-refractivity contribution >= 4 is 22.8 Å². The van der Waals surface area contributed by atoms with Crippen LogP contribution in [0.4, 0.5) is 0 Å². The van der Waals surface area contributed by atoms with Gasteiger partial charge in [-0.25, -0.2) is 0 Å². The highest BCUT2D eigenvalue weighted by atomic mass is 16.5. The lowest BCUT2D eigenvalue weighted by Crippen LogP contribution is -1.99. The molecule has 0 aliphatic heterocycles. The molecule has 0 unspecified atom stereocenters. The van der Waals surface area contributed by atoms with Gasteiger partial charge >= 0.3 is 0 Å². The van der Waals surface area contributed by atoms with Crippen molar-refractivity contribution in [2.75, 3.05) is 14.2 Å². The molecule has 0 atom stereocenters. The smallest absolute Gasteiger partial charge is 0.189 e. The molecule has 0 radical (unpaired) electrons. The first-order valence-electron chi connectivity index (χ1n) is 7.23. The number of aromatic amines is 1. The lowest BCUT2D eigenvalue weighted by atomic mass is 10.1. The molecule has 1 aromatic heterocycles. The number of rotatable bonds is 5. The van der Waals surface area contributed by atoms with Crippen molar-refractivity contribution in [2.24, 2.45) is 0 Å². The molecule has 0 aliphatic carbocycles. The fraction of sp³-hybridized carbons (Fsp3) is 0.105. The molecule has 0 saturated carbocycles. The van der Waals surface area contributed by atoms with Crippen molar-refractivity contribution in [2.45, 2.75) is 0 Å². The van der Waals surface area contributed by atoms with E-state index in [0.29, 0.717) is 17.1 Å². The summed E-state index contributed by atoms with van der Waals surface area (Å²) in [6, 6.07) is 13.1. The van der Waals surface area contributed by atoms with E-state index in [4.69, 9.17) is 9.47 Å². The average molecular weight is 307 g/mol. The molecule has 0 bridgehead atoms. The lowest BCUT2D eigenvalue weighted by molar-refractivity contribution is 0.104. The number of nitrogens with one attached hydrogen (secondary N) is 1. The molecule has 3 aromatic rings. The van der Waals surface area contributed by atoms with Crippen molar-refractivity contribution in [1.82, 2.24) is 4.98 Å². The number of ketones is 1. The Morgan fingerprint density at radius 1 is 1.09 bits per heavy atom. The van der Waals surface area contributed by atoms with E-state index in [1.807, 2.05) is 30.5 Å². The third-order valence-corrected chi connectivity index (χ3v) is 3.71. The van der Waals surface area contributed by atoms with Crippen LogP contribution in [0.25, 0.3) is 17.0 Å². The number of fused-ring (bicyclic) bond motifs is 1. The highest BCUT2D eigenvalue weighted by molar-refractivity contribution is 6.09. The maximum Gasteiger partial charge on any atom is 0.189 e. The van der Waals surface area contributed by atoms with E-state index in [0.717, 1.165) is 16.5 Å². The zero-order valence-corrected chi connectivity index (χ0v) is 13.0. The van der Waals surface area contributed by atoms with E-state index in [1.54, 1.807) is 44.6 Å². The van der Waals surface area contributed by atoms with Crippen LogP contribution >= 0.6 is 0 Å². The van der Waals surface area contributed by atoms with E-state index < -0.39 is 0 Å². The Kier molecular flexibility index (Phi) is 4.15. The summed E-state index contributed by atoms with van der Waals surface area (Å²) < 4.78 is 10.4. The van der Waals surface area contributed by atoms with Gasteiger partial charge in [-0.2, -0.15) is 0 Å². The van der Waals surface area contributed by atoms with Crippen LogP contribution < -0.4 is 9.47 Å². The Balaban J connectivity index is 1.92. The summed E-state index contributed by atoms with van der Waals surface area (Å²) >= 11 is 0. The van der Waals surface area contributed by atoms with Gasteiger partial charge < -0.3 is 14.5 Å². The number of benzene rings is 2. The number of allylic oxidation sites excluding steroid dienone is 1. The SMILES string of the molecule is COc1ccc(OC)c(C(=O)C=Cc2c[nH]c3ccccc23)c1. The normalized spacial score (nSPS) is 11.0. The van der Waals surface area contributed by atoms with Crippen LogP contribution in [0, 0.1) is 0 Å². The van der Waals surface area contributed by atoms with Crippen molar-refractivity contribution in [3.63, 3.8) is 0 Å². The van der Waals surface area contributed by atoms with Crippen LogP contribution in [-0.4, -0.2) is 25.0 Å². The van der Waals surface area contributed by atoms with E-state index in [2.05, 4.69) is 4.98 Å². The standard InChI is InChI=1S/C19H17NO3/c1-22-14-8-10-19(23-2)16(11-14)18(21)9-7-13-12-20-17-6-4-3-5-15(13)17/h3-12,20H,1-2H3. The monoisotopic (exact) mass is 307 g/mol. The van der Waals surface area contributed by atoms with Gasteiger partial charge in [-0.3, -0.25) is 4.79 Å². The van der Waals surface area contributed by atoms with Crippen LogP contribution in [0.2, 0.25) is 0 Å². The topological polar surface area (TPSA) is 51.3 Å². The van der Waals surface area contributed by atoms with Crippen LogP contribution in [0.3, 0.4) is 0 Å². The van der Waals surface area contributed by atoms with Gasteiger partial charge in [0.2, 0.25) is 0 Å². The molecule has 0 spiro atoms. The Labute approximate surface area is 134 Å². The number of hydrogen-bond acceptors (Lipinski definition) is 3. The van der Waals surface area contributed by atoms with Gasteiger partial charge in [-0.15, -0.1) is 0 Å². The molecular formula is C19H17NO3. The summed E-state index contributed by atoms with van der Waals surface area (Å²) in [6.07, 6.45) is 5.24. The molecule has 3 rings (SSSR count). The number of para-hydroxylation sites is 1. The summed E-state index contributed by atoms with van der Waals surface area (Å²) in [4.78, 5) is 15.7. The summed E-state index contributed by atoms with van der Waals surface area (Å²) in [5.41, 5.74) is 2.48. The molecule has 1 N–H and O–H groups in total. The number of carbonyl (C=O) groups excluding carboxylic acids is 1. The van der Waals surface area contributed by atoms with Crippen LogP contribution in [0.15, 0.2) is 54.7 Å². The van der Waals surface area contributed by atoms with E-state index in [1.165, 1.54) is 0 Å². The largest absolute Gasteiger partial charge is 0.497 e. The first-order chi connectivity index (χ1) is 11.2. The minimum atomic E-state index is -0.133. The summed E-state index contributed by atoms with van der Waals surface area (Å²) in [5, 5.41) is 1.08. The van der Waals surface area contributed by atoms with Gasteiger partial charge in [0.1, 0.15) is 11.5 Å². The van der Waals surface area contributed by atoms with Gasteiger partial charge in [0.05, 0.1) is 19.8 Å². The second-order valence-corrected chi connectivity index (χ2v) is 5.05. The number of H-pyrrole nitrogens is 1. The molecule has 2 aromatic carbocycles. The third-order valence-electron chi connectivity index (χ3n) is 3.71. The Hall–Kier alpha value is -3.01. The molecule has 4 nitrogen and oxygen atoms in total. The van der Waals surface area contributed by atoms with Gasteiger partial charge in [0.25, 0.3) is 0 Å². The van der Waals surface area contributed by atoms with Crippen molar-refractivity contribution in [3.05, 3.63) is 65.9 Å². The molecule has 0 fully saturated rings. The molecule has 116 valence electrons. The van der Waals surface area contributed by atoms with Crippen molar-refractivity contribution < 1.29 is 14.3 Å². The Bertz CT molecular complexity index is 877. The highest BCUT2D eigenvalue weighted by Crippen LogP contribution is 2.25. The average Bonchev–Trinajstić information content (AvgIpc) is 3.02. The number of ether oxygens (including phenoxy) is 2. The minimum Gasteiger partial charge on any atom is -0.497 e. The zero-order chi connectivity index (χ0) is 16.2. The maximum absolute atomic E-state index is 12.5. The predicted molar refractivity (Wildman–Crippen MR) is 91.2 cm³/mol. The Morgan fingerprint density at radius 2 is 1.91 bits per heavy atom. The number of aromatic nitrogens is 1. The zero-order valence-electron chi connectivity index (χ0n) is 13.0. The molecule has 0 aliphatic rings. The number of methoxy groups -OCH3 is 2. The van der Waals surface area contributed by atoms with Crippen molar-refractivity contribution in [1.29, 1.82) is 0 Å².